The van der Waals surface area contributed by atoms with E-state index in [1.54, 1.807) is 4.90 Å². The van der Waals surface area contributed by atoms with E-state index >= 15 is 0 Å². The Morgan fingerprint density at radius 2 is 1.60 bits per heavy atom. The summed E-state index contributed by atoms with van der Waals surface area (Å²) in [6.07, 6.45) is 4.28. The van der Waals surface area contributed by atoms with Crippen molar-refractivity contribution in [1.29, 1.82) is 0 Å². The number of amides is 1. The number of hydrogen-bond donors (Lipinski definition) is 0. The number of carbonyl (C=O) groups is 1. The van der Waals surface area contributed by atoms with Crippen molar-refractivity contribution in [1.82, 2.24) is 9.80 Å². The maximum atomic E-state index is 14.2. The van der Waals surface area contributed by atoms with E-state index in [0.29, 0.717) is 24.9 Å². The first-order chi connectivity index (χ1) is 12.0. The Labute approximate surface area is 147 Å². The molecule has 6 heteroatoms. The summed E-state index contributed by atoms with van der Waals surface area (Å²) >= 11 is 0. The van der Waals surface area contributed by atoms with Gasteiger partial charge in [-0.3, -0.25) is 4.79 Å². The summed E-state index contributed by atoms with van der Waals surface area (Å²) in [4.78, 5) is 16.7. The van der Waals surface area contributed by atoms with Gasteiger partial charge in [0, 0.05) is 13.1 Å². The van der Waals surface area contributed by atoms with Gasteiger partial charge in [-0.05, 0) is 69.8 Å². The molecule has 3 rings (SSSR count). The summed E-state index contributed by atoms with van der Waals surface area (Å²) in [5.41, 5.74) is -0.291. The molecule has 2 aliphatic rings. The molecule has 0 aromatic heterocycles. The fraction of sp³-hybridized carbons (Fsp3) is 0.632. The monoisotopic (exact) mass is 352 g/mol. The van der Waals surface area contributed by atoms with E-state index < -0.39 is 17.5 Å². The Bertz CT molecular complexity index is 622. The number of methoxy groups -OCH3 is 1. The molecule has 0 radical (unpaired) electrons. The van der Waals surface area contributed by atoms with Crippen LogP contribution in [0.4, 0.5) is 8.78 Å². The van der Waals surface area contributed by atoms with Gasteiger partial charge < -0.3 is 14.5 Å². The van der Waals surface area contributed by atoms with E-state index in [2.05, 4.69) is 11.9 Å². The van der Waals surface area contributed by atoms with E-state index in [0.717, 1.165) is 32.0 Å². The van der Waals surface area contributed by atoms with Crippen LogP contribution in [0.2, 0.25) is 0 Å². The highest BCUT2D eigenvalue weighted by atomic mass is 19.2. The molecule has 4 nitrogen and oxygen atoms in total. The molecule has 0 atom stereocenters. The Kier molecular flexibility index (Phi) is 5.57. The van der Waals surface area contributed by atoms with Crippen LogP contribution in [-0.4, -0.2) is 56.0 Å². The summed E-state index contributed by atoms with van der Waals surface area (Å²) in [6, 6.07) is 2.29. The van der Waals surface area contributed by atoms with Crippen molar-refractivity contribution in [3.05, 3.63) is 29.3 Å². The molecule has 0 bridgehead atoms. The normalized spacial score (nSPS) is 20.7. The number of halogens is 2. The minimum Gasteiger partial charge on any atom is -0.496 e. The third-order valence-electron chi connectivity index (χ3n) is 5.75. The van der Waals surface area contributed by atoms with E-state index in [4.69, 9.17) is 4.74 Å². The quantitative estimate of drug-likeness (QED) is 0.838. The van der Waals surface area contributed by atoms with Gasteiger partial charge in [0.1, 0.15) is 11.3 Å². The molecule has 2 heterocycles. The fourth-order valence-corrected chi connectivity index (χ4v) is 4.13. The highest BCUT2D eigenvalue weighted by molar-refractivity contribution is 5.97. The summed E-state index contributed by atoms with van der Waals surface area (Å²) in [6.45, 7) is 3.45. The molecule has 0 saturated carbocycles. The van der Waals surface area contributed by atoms with Crippen LogP contribution in [-0.2, 0) is 0 Å². The van der Waals surface area contributed by atoms with E-state index in [1.165, 1.54) is 26.0 Å². The maximum Gasteiger partial charge on any atom is 0.260 e. The first-order valence-electron chi connectivity index (χ1n) is 9.01. The molecule has 1 aromatic rings. The van der Waals surface area contributed by atoms with Crippen molar-refractivity contribution in [2.24, 2.45) is 11.8 Å². The number of nitrogens with zero attached hydrogens (tertiary/aromatic N) is 2. The minimum atomic E-state index is -1.12. The first-order valence-corrected chi connectivity index (χ1v) is 9.01. The summed E-state index contributed by atoms with van der Waals surface area (Å²) < 4.78 is 32.8. The summed E-state index contributed by atoms with van der Waals surface area (Å²) in [5, 5.41) is 0. The number of likely N-dealkylation sites (tertiary alicyclic amines) is 2. The largest absolute Gasteiger partial charge is 0.496 e. The molecular weight excluding hydrogens is 326 g/mol. The van der Waals surface area contributed by atoms with Crippen LogP contribution in [0.1, 0.15) is 36.0 Å². The average molecular weight is 352 g/mol. The lowest BCUT2D eigenvalue weighted by molar-refractivity contribution is 0.0607. The van der Waals surface area contributed by atoms with Gasteiger partial charge in [0.2, 0.25) is 0 Å². The van der Waals surface area contributed by atoms with Gasteiger partial charge >= 0.3 is 0 Å². The zero-order chi connectivity index (χ0) is 18.0. The molecule has 0 spiro atoms. The van der Waals surface area contributed by atoms with Gasteiger partial charge in [-0.15, -0.1) is 0 Å². The van der Waals surface area contributed by atoms with Crippen LogP contribution in [0.15, 0.2) is 12.1 Å². The number of carbonyl (C=O) groups excluding carboxylic acids is 1. The van der Waals surface area contributed by atoms with Crippen LogP contribution in [0.3, 0.4) is 0 Å². The van der Waals surface area contributed by atoms with E-state index in [-0.39, 0.29) is 11.3 Å². The molecule has 138 valence electrons. The molecule has 2 aliphatic heterocycles. The number of ether oxygens (including phenoxy) is 1. The topological polar surface area (TPSA) is 32.8 Å². The van der Waals surface area contributed by atoms with Gasteiger partial charge in [-0.25, -0.2) is 8.78 Å². The SMILES string of the molecule is COc1ccc(F)c(F)c1C(=O)N1CCC(C2CCN(C)CC2)CC1. The van der Waals surface area contributed by atoms with Crippen molar-refractivity contribution in [3.63, 3.8) is 0 Å². The molecule has 25 heavy (non-hydrogen) atoms. The second-order valence-corrected chi connectivity index (χ2v) is 7.21. The fourth-order valence-electron chi connectivity index (χ4n) is 4.13. The van der Waals surface area contributed by atoms with Crippen LogP contribution >= 0.6 is 0 Å². The highest BCUT2D eigenvalue weighted by Gasteiger charge is 2.32. The van der Waals surface area contributed by atoms with Crippen LogP contribution in [0.25, 0.3) is 0 Å². The predicted octanol–water partition coefficient (Wildman–Crippen LogP) is 3.17. The maximum absolute atomic E-state index is 14.2. The predicted molar refractivity (Wildman–Crippen MR) is 91.8 cm³/mol. The zero-order valence-electron chi connectivity index (χ0n) is 14.9. The van der Waals surface area contributed by atoms with Crippen LogP contribution < -0.4 is 4.74 Å². The Hall–Kier alpha value is -1.69. The standard InChI is InChI=1S/C19H26F2N2O2/c1-22-9-5-13(6-10-22)14-7-11-23(12-8-14)19(24)17-16(25-2)4-3-15(20)18(17)21/h3-4,13-14H,5-12H2,1-2H3. The molecule has 1 amide bonds. The lowest BCUT2D eigenvalue weighted by atomic mass is 9.79. The number of benzene rings is 1. The molecule has 2 saturated heterocycles. The Balaban J connectivity index is 1.65. The first kappa shape index (κ1) is 18.1. The van der Waals surface area contributed by atoms with Crippen LogP contribution in [0.5, 0.6) is 5.75 Å². The Morgan fingerprint density at radius 1 is 1.04 bits per heavy atom. The van der Waals surface area contributed by atoms with Crippen molar-refractivity contribution < 1.29 is 18.3 Å². The van der Waals surface area contributed by atoms with Gasteiger partial charge in [0.25, 0.3) is 5.91 Å². The summed E-state index contributed by atoms with van der Waals surface area (Å²) in [5.74, 6) is -1.20. The number of piperidine rings is 2. The van der Waals surface area contributed by atoms with Gasteiger partial charge in [-0.1, -0.05) is 0 Å². The van der Waals surface area contributed by atoms with Crippen molar-refractivity contribution >= 4 is 5.91 Å². The number of rotatable bonds is 3. The third-order valence-corrected chi connectivity index (χ3v) is 5.75. The third kappa shape index (κ3) is 3.78. The van der Waals surface area contributed by atoms with Crippen molar-refractivity contribution in [2.45, 2.75) is 25.7 Å². The molecule has 0 unspecified atom stereocenters. The van der Waals surface area contributed by atoms with Crippen LogP contribution in [0, 0.1) is 23.5 Å². The van der Waals surface area contributed by atoms with Crippen molar-refractivity contribution in [3.8, 4) is 5.75 Å². The lowest BCUT2D eigenvalue weighted by Gasteiger charge is -2.39. The highest BCUT2D eigenvalue weighted by Crippen LogP contribution is 2.33. The molecule has 2 fully saturated rings. The molecular formula is C19H26F2N2O2. The van der Waals surface area contributed by atoms with E-state index in [9.17, 15) is 13.6 Å². The lowest BCUT2D eigenvalue weighted by Crippen LogP contribution is -2.42. The van der Waals surface area contributed by atoms with Gasteiger partial charge in [0.15, 0.2) is 11.6 Å². The second kappa shape index (κ2) is 7.68. The smallest absolute Gasteiger partial charge is 0.260 e. The van der Waals surface area contributed by atoms with Crippen molar-refractivity contribution in [2.75, 3.05) is 40.3 Å². The average Bonchev–Trinajstić information content (AvgIpc) is 2.64. The van der Waals surface area contributed by atoms with Gasteiger partial charge in [0.05, 0.1) is 7.11 Å². The van der Waals surface area contributed by atoms with E-state index in [1.807, 2.05) is 0 Å². The molecule has 1 aromatic carbocycles. The van der Waals surface area contributed by atoms with Gasteiger partial charge in [-0.2, -0.15) is 0 Å². The molecule has 0 aliphatic carbocycles. The summed E-state index contributed by atoms with van der Waals surface area (Å²) in [7, 11) is 3.51. The second-order valence-electron chi connectivity index (χ2n) is 7.21. The Morgan fingerprint density at radius 3 is 2.16 bits per heavy atom. The molecule has 0 N–H and O–H groups in total. The zero-order valence-corrected chi connectivity index (χ0v) is 14.9. The minimum absolute atomic E-state index is 0.0846. The number of hydrogen-bond acceptors (Lipinski definition) is 3.